The van der Waals surface area contributed by atoms with Gasteiger partial charge in [-0.2, -0.15) is 0 Å². The Labute approximate surface area is 127 Å². The molecule has 0 spiro atoms. The van der Waals surface area contributed by atoms with E-state index in [1.807, 2.05) is 0 Å². The first kappa shape index (κ1) is 17.6. The molecule has 1 unspecified atom stereocenters. The van der Waals surface area contributed by atoms with Crippen molar-refractivity contribution in [1.29, 1.82) is 0 Å². The smallest absolute Gasteiger partial charge is 0.222 e. The molecule has 3 nitrogen and oxygen atoms in total. The molecule has 0 aromatic heterocycles. The summed E-state index contributed by atoms with van der Waals surface area (Å²) in [7, 11) is 1.80. The van der Waals surface area contributed by atoms with Gasteiger partial charge in [-0.15, -0.1) is 0 Å². The largest absolute Gasteiger partial charge is 0.341 e. The molecule has 0 saturated carbocycles. The molecule has 0 radical (unpaired) electrons. The van der Waals surface area contributed by atoms with Gasteiger partial charge in [0.05, 0.1) is 0 Å². The van der Waals surface area contributed by atoms with E-state index in [4.69, 9.17) is 5.73 Å². The lowest BCUT2D eigenvalue weighted by Gasteiger charge is -2.20. The predicted octanol–water partition coefficient (Wildman–Crippen LogP) is 3.33. The molecule has 118 valence electrons. The molecular weight excluding hydrogens is 267 g/mol. The predicted molar refractivity (Wildman–Crippen MR) is 84.2 cm³/mol. The fraction of sp³-hybridized carbons (Fsp3) is 0.588. The van der Waals surface area contributed by atoms with Gasteiger partial charge in [-0.3, -0.25) is 4.79 Å². The Kier molecular flexibility index (Phi) is 7.98. The first-order chi connectivity index (χ1) is 10.1. The summed E-state index contributed by atoms with van der Waals surface area (Å²) >= 11 is 0. The Bertz CT molecular complexity index is 413. The summed E-state index contributed by atoms with van der Waals surface area (Å²) in [5.41, 5.74) is 6.56. The van der Waals surface area contributed by atoms with Crippen LogP contribution in [0.15, 0.2) is 24.3 Å². The average Bonchev–Trinajstić information content (AvgIpc) is 2.47. The molecular formula is C17H27FN2O. The van der Waals surface area contributed by atoms with Gasteiger partial charge >= 0.3 is 0 Å². The molecule has 0 saturated heterocycles. The van der Waals surface area contributed by atoms with E-state index >= 15 is 0 Å². The van der Waals surface area contributed by atoms with Crippen LogP contribution in [0.25, 0.3) is 0 Å². The molecule has 2 N–H and O–H groups in total. The summed E-state index contributed by atoms with van der Waals surface area (Å²) in [6.07, 6.45) is 4.71. The van der Waals surface area contributed by atoms with E-state index in [1.54, 1.807) is 24.1 Å². The summed E-state index contributed by atoms with van der Waals surface area (Å²) in [6.45, 7) is 3.37. The van der Waals surface area contributed by atoms with Crippen LogP contribution in [0.5, 0.6) is 0 Å². The van der Waals surface area contributed by atoms with Crippen LogP contribution >= 0.6 is 0 Å². The van der Waals surface area contributed by atoms with Crippen LogP contribution in [0.3, 0.4) is 0 Å². The lowest BCUT2D eigenvalue weighted by molar-refractivity contribution is -0.130. The van der Waals surface area contributed by atoms with E-state index in [1.165, 1.54) is 12.1 Å². The zero-order valence-electron chi connectivity index (χ0n) is 13.1. The second-order valence-electron chi connectivity index (χ2n) is 5.65. The van der Waals surface area contributed by atoms with Crippen molar-refractivity contribution in [2.45, 2.75) is 45.6 Å². The van der Waals surface area contributed by atoms with Crippen molar-refractivity contribution in [1.82, 2.24) is 4.90 Å². The van der Waals surface area contributed by atoms with E-state index in [9.17, 15) is 9.18 Å². The molecule has 0 aliphatic rings. The maximum Gasteiger partial charge on any atom is 0.222 e. The van der Waals surface area contributed by atoms with Crippen LogP contribution in [-0.2, 0) is 11.3 Å². The Morgan fingerprint density at radius 1 is 1.24 bits per heavy atom. The highest BCUT2D eigenvalue weighted by Gasteiger charge is 2.13. The van der Waals surface area contributed by atoms with Crippen molar-refractivity contribution in [2.75, 3.05) is 13.6 Å². The van der Waals surface area contributed by atoms with Gasteiger partial charge in [-0.05, 0) is 43.0 Å². The van der Waals surface area contributed by atoms with E-state index < -0.39 is 0 Å². The highest BCUT2D eigenvalue weighted by atomic mass is 19.1. The number of nitrogens with zero attached hydrogens (tertiary/aromatic N) is 1. The number of hydrogen-bond donors (Lipinski definition) is 1. The topological polar surface area (TPSA) is 46.3 Å². The molecule has 1 aromatic rings. The van der Waals surface area contributed by atoms with Gasteiger partial charge in [0.1, 0.15) is 5.82 Å². The zero-order chi connectivity index (χ0) is 15.7. The van der Waals surface area contributed by atoms with E-state index in [-0.39, 0.29) is 11.7 Å². The monoisotopic (exact) mass is 294 g/mol. The minimum Gasteiger partial charge on any atom is -0.341 e. The summed E-state index contributed by atoms with van der Waals surface area (Å²) in [6, 6.07) is 6.28. The van der Waals surface area contributed by atoms with Crippen molar-refractivity contribution < 1.29 is 9.18 Å². The number of nitrogens with two attached hydrogens (primary N) is 1. The maximum absolute atomic E-state index is 12.8. The number of amides is 1. The Morgan fingerprint density at radius 2 is 1.90 bits per heavy atom. The van der Waals surface area contributed by atoms with E-state index in [2.05, 4.69) is 6.92 Å². The fourth-order valence-corrected chi connectivity index (χ4v) is 2.55. The van der Waals surface area contributed by atoms with Crippen LogP contribution in [0.4, 0.5) is 4.39 Å². The van der Waals surface area contributed by atoms with Crippen molar-refractivity contribution in [3.8, 4) is 0 Å². The third-order valence-electron chi connectivity index (χ3n) is 3.80. The highest BCUT2D eigenvalue weighted by molar-refractivity contribution is 5.75. The van der Waals surface area contributed by atoms with Crippen LogP contribution in [0.2, 0.25) is 0 Å². The number of hydrogen-bond acceptors (Lipinski definition) is 2. The van der Waals surface area contributed by atoms with Crippen molar-refractivity contribution in [2.24, 2.45) is 11.7 Å². The number of carbonyl (C=O) groups is 1. The van der Waals surface area contributed by atoms with E-state index in [0.717, 1.165) is 31.2 Å². The molecule has 0 aliphatic heterocycles. The number of halogens is 1. The number of benzene rings is 1. The van der Waals surface area contributed by atoms with Gasteiger partial charge in [0.25, 0.3) is 0 Å². The van der Waals surface area contributed by atoms with Crippen molar-refractivity contribution in [3.05, 3.63) is 35.6 Å². The first-order valence-corrected chi connectivity index (χ1v) is 7.75. The third-order valence-corrected chi connectivity index (χ3v) is 3.80. The standard InChI is InChI=1S/C17H27FN2O/c1-3-4-14(11-12-19)7-10-17(21)20(2)13-15-5-8-16(18)9-6-15/h5-6,8-9,14H,3-4,7,10-13,19H2,1-2H3. The van der Waals surface area contributed by atoms with E-state index in [0.29, 0.717) is 25.4 Å². The van der Waals surface area contributed by atoms with Crippen LogP contribution < -0.4 is 5.73 Å². The molecule has 1 rings (SSSR count). The second-order valence-corrected chi connectivity index (χ2v) is 5.65. The molecule has 1 aromatic carbocycles. The molecule has 1 atom stereocenters. The summed E-state index contributed by atoms with van der Waals surface area (Å²) in [5, 5.41) is 0. The summed E-state index contributed by atoms with van der Waals surface area (Å²) in [5.74, 6) is 0.428. The molecule has 0 heterocycles. The molecule has 21 heavy (non-hydrogen) atoms. The lowest BCUT2D eigenvalue weighted by Crippen LogP contribution is -2.26. The van der Waals surface area contributed by atoms with Gasteiger partial charge in [-0.1, -0.05) is 31.9 Å². The summed E-state index contributed by atoms with van der Waals surface area (Å²) in [4.78, 5) is 13.9. The van der Waals surface area contributed by atoms with Crippen molar-refractivity contribution in [3.63, 3.8) is 0 Å². The average molecular weight is 294 g/mol. The first-order valence-electron chi connectivity index (χ1n) is 7.75. The fourth-order valence-electron chi connectivity index (χ4n) is 2.55. The number of carbonyl (C=O) groups excluding carboxylic acids is 1. The van der Waals surface area contributed by atoms with Gasteiger partial charge in [-0.25, -0.2) is 4.39 Å². The zero-order valence-corrected chi connectivity index (χ0v) is 13.1. The molecule has 4 heteroatoms. The molecule has 1 amide bonds. The Morgan fingerprint density at radius 3 is 2.48 bits per heavy atom. The SMILES string of the molecule is CCCC(CCN)CCC(=O)N(C)Cc1ccc(F)cc1. The summed E-state index contributed by atoms with van der Waals surface area (Å²) < 4.78 is 12.8. The molecule has 0 fully saturated rings. The quantitative estimate of drug-likeness (QED) is 0.759. The second kappa shape index (κ2) is 9.50. The Balaban J connectivity index is 2.41. The minimum atomic E-state index is -0.253. The molecule has 0 aliphatic carbocycles. The maximum atomic E-state index is 12.8. The normalized spacial score (nSPS) is 12.2. The molecule has 0 bridgehead atoms. The minimum absolute atomic E-state index is 0.137. The van der Waals surface area contributed by atoms with Crippen LogP contribution in [-0.4, -0.2) is 24.4 Å². The third kappa shape index (κ3) is 6.71. The van der Waals surface area contributed by atoms with Gasteiger partial charge < -0.3 is 10.6 Å². The van der Waals surface area contributed by atoms with Crippen LogP contribution in [0, 0.1) is 11.7 Å². The lowest BCUT2D eigenvalue weighted by atomic mass is 9.94. The van der Waals surface area contributed by atoms with Gasteiger partial charge in [0, 0.05) is 20.0 Å². The number of rotatable bonds is 9. The Hall–Kier alpha value is -1.42. The van der Waals surface area contributed by atoms with Gasteiger partial charge in [0.2, 0.25) is 5.91 Å². The highest BCUT2D eigenvalue weighted by Crippen LogP contribution is 2.18. The van der Waals surface area contributed by atoms with Crippen molar-refractivity contribution >= 4 is 5.91 Å². The van der Waals surface area contributed by atoms with Crippen LogP contribution in [0.1, 0.15) is 44.6 Å². The van der Waals surface area contributed by atoms with Gasteiger partial charge in [0.15, 0.2) is 0 Å².